The summed E-state index contributed by atoms with van der Waals surface area (Å²) in [5.41, 5.74) is 1.10. The number of aromatic nitrogens is 2. The van der Waals surface area contributed by atoms with Crippen molar-refractivity contribution >= 4 is 15.9 Å². The summed E-state index contributed by atoms with van der Waals surface area (Å²) in [5, 5.41) is 7.12. The topological polar surface area (TPSA) is 69.4 Å². The fraction of sp³-hybridized carbons (Fsp3) is 0.429. The first-order chi connectivity index (χ1) is 10.2. The number of halogens is 1. The lowest BCUT2D eigenvalue weighted by atomic mass is 10.2. The number of hydrogen-bond acceptors (Lipinski definition) is 6. The van der Waals surface area contributed by atoms with E-state index >= 15 is 0 Å². The van der Waals surface area contributed by atoms with Crippen molar-refractivity contribution in [3.63, 3.8) is 0 Å². The lowest BCUT2D eigenvalue weighted by molar-refractivity contribution is 0.296. The molecule has 2 heterocycles. The molecule has 6 nitrogen and oxygen atoms in total. The highest BCUT2D eigenvalue weighted by Gasteiger charge is 2.15. The Balaban J connectivity index is 1.65. The Morgan fingerprint density at radius 1 is 1.24 bits per heavy atom. The second kappa shape index (κ2) is 6.44. The minimum atomic E-state index is 0.559. The van der Waals surface area contributed by atoms with E-state index in [4.69, 9.17) is 14.0 Å². The van der Waals surface area contributed by atoms with Gasteiger partial charge >= 0.3 is 0 Å². The minimum Gasteiger partial charge on any atom is -0.490 e. The Kier molecular flexibility index (Phi) is 4.40. The molecule has 112 valence electrons. The highest BCUT2D eigenvalue weighted by molar-refractivity contribution is 9.10. The zero-order valence-electron chi connectivity index (χ0n) is 11.7. The van der Waals surface area contributed by atoms with Crippen LogP contribution in [0.15, 0.2) is 21.1 Å². The van der Waals surface area contributed by atoms with Gasteiger partial charge in [-0.25, -0.2) is 0 Å². The Morgan fingerprint density at radius 3 is 2.90 bits per heavy atom. The maximum atomic E-state index is 5.72. The van der Waals surface area contributed by atoms with Crippen LogP contribution in [-0.4, -0.2) is 23.4 Å². The van der Waals surface area contributed by atoms with Gasteiger partial charge in [-0.1, -0.05) is 5.16 Å². The third kappa shape index (κ3) is 3.54. The maximum Gasteiger partial charge on any atom is 0.223 e. The second-order valence-corrected chi connectivity index (χ2v) is 5.64. The number of hydrogen-bond donors (Lipinski definition) is 1. The molecule has 0 fully saturated rings. The number of nitrogens with zero attached hydrogens (tertiary/aromatic N) is 2. The van der Waals surface area contributed by atoms with Gasteiger partial charge in [0.05, 0.1) is 24.2 Å². The van der Waals surface area contributed by atoms with Crippen molar-refractivity contribution < 1.29 is 14.0 Å². The molecule has 0 radical (unpaired) electrons. The van der Waals surface area contributed by atoms with Gasteiger partial charge < -0.3 is 19.3 Å². The first-order valence-corrected chi connectivity index (χ1v) is 7.59. The molecule has 7 heteroatoms. The molecule has 1 aromatic carbocycles. The van der Waals surface area contributed by atoms with Crippen molar-refractivity contribution in [3.05, 3.63) is 33.9 Å². The molecule has 21 heavy (non-hydrogen) atoms. The fourth-order valence-electron chi connectivity index (χ4n) is 2.12. The average molecular weight is 354 g/mol. The summed E-state index contributed by atoms with van der Waals surface area (Å²) < 4.78 is 17.2. The highest BCUT2D eigenvalue weighted by Crippen LogP contribution is 2.38. The maximum absolute atomic E-state index is 5.72. The van der Waals surface area contributed by atoms with Gasteiger partial charge in [0.15, 0.2) is 17.3 Å². The van der Waals surface area contributed by atoms with Gasteiger partial charge in [-0.3, -0.25) is 0 Å². The Hall–Kier alpha value is -1.60. The molecule has 0 saturated carbocycles. The van der Waals surface area contributed by atoms with E-state index in [1.165, 1.54) is 0 Å². The normalized spacial score (nSPS) is 14.0. The molecule has 0 spiro atoms. The zero-order valence-corrected chi connectivity index (χ0v) is 13.3. The molecule has 1 aromatic heterocycles. The number of benzene rings is 1. The largest absolute Gasteiger partial charge is 0.490 e. The predicted molar refractivity (Wildman–Crippen MR) is 79.3 cm³/mol. The van der Waals surface area contributed by atoms with Gasteiger partial charge in [-0.05, 0) is 33.6 Å². The summed E-state index contributed by atoms with van der Waals surface area (Å²) in [6.07, 6.45) is 0.895. The van der Waals surface area contributed by atoms with Crippen molar-refractivity contribution in [2.24, 2.45) is 0 Å². The highest BCUT2D eigenvalue weighted by atomic mass is 79.9. The molecular formula is C14H16BrN3O3. The van der Waals surface area contributed by atoms with Gasteiger partial charge in [0.25, 0.3) is 0 Å². The van der Waals surface area contributed by atoms with Crippen LogP contribution in [0, 0.1) is 6.92 Å². The molecule has 1 aliphatic rings. The first-order valence-electron chi connectivity index (χ1n) is 6.80. The van der Waals surface area contributed by atoms with E-state index in [1.807, 2.05) is 12.1 Å². The van der Waals surface area contributed by atoms with Crippen LogP contribution in [0.25, 0.3) is 0 Å². The minimum absolute atomic E-state index is 0.559. The summed E-state index contributed by atoms with van der Waals surface area (Å²) in [6.45, 7) is 4.38. The van der Waals surface area contributed by atoms with E-state index in [0.717, 1.165) is 28.0 Å². The standard InChI is InChI=1S/C14H16BrN3O3/c1-9-17-13(18-21-9)8-16-7-10-5-11(15)14-12(6-10)19-3-2-4-20-14/h5-6,16H,2-4,7-8H2,1H3. The van der Waals surface area contributed by atoms with Crippen molar-refractivity contribution in [1.82, 2.24) is 15.5 Å². The van der Waals surface area contributed by atoms with Crippen LogP contribution in [0.5, 0.6) is 11.5 Å². The van der Waals surface area contributed by atoms with Crippen LogP contribution >= 0.6 is 15.9 Å². The number of fused-ring (bicyclic) bond motifs is 1. The van der Waals surface area contributed by atoms with Crippen LogP contribution in [0.1, 0.15) is 23.7 Å². The lowest BCUT2D eigenvalue weighted by Gasteiger charge is -2.12. The first kappa shape index (κ1) is 14.3. The molecule has 0 aliphatic carbocycles. The third-order valence-electron chi connectivity index (χ3n) is 3.04. The van der Waals surface area contributed by atoms with Gasteiger partial charge in [0.1, 0.15) is 0 Å². The Morgan fingerprint density at radius 2 is 2.10 bits per heavy atom. The van der Waals surface area contributed by atoms with Crippen molar-refractivity contribution in [2.75, 3.05) is 13.2 Å². The van der Waals surface area contributed by atoms with E-state index < -0.39 is 0 Å². The molecule has 0 unspecified atom stereocenters. The quantitative estimate of drug-likeness (QED) is 0.910. The molecule has 3 rings (SSSR count). The van der Waals surface area contributed by atoms with Crippen LogP contribution in [0.4, 0.5) is 0 Å². The molecular weight excluding hydrogens is 338 g/mol. The van der Waals surface area contributed by atoms with E-state index in [1.54, 1.807) is 6.92 Å². The Labute approximate surface area is 131 Å². The number of nitrogens with one attached hydrogen (secondary N) is 1. The van der Waals surface area contributed by atoms with E-state index in [0.29, 0.717) is 38.0 Å². The van der Waals surface area contributed by atoms with Crippen molar-refractivity contribution in [1.29, 1.82) is 0 Å². The van der Waals surface area contributed by atoms with E-state index in [9.17, 15) is 0 Å². The molecule has 0 amide bonds. The smallest absolute Gasteiger partial charge is 0.223 e. The van der Waals surface area contributed by atoms with Gasteiger partial charge in [0, 0.05) is 19.9 Å². The van der Waals surface area contributed by atoms with Gasteiger partial charge in [0.2, 0.25) is 5.89 Å². The Bertz CT molecular complexity index is 630. The van der Waals surface area contributed by atoms with Crippen molar-refractivity contribution in [2.45, 2.75) is 26.4 Å². The summed E-state index contributed by atoms with van der Waals surface area (Å²) in [7, 11) is 0. The molecule has 1 aliphatic heterocycles. The van der Waals surface area contributed by atoms with Crippen molar-refractivity contribution in [3.8, 4) is 11.5 Å². The fourth-order valence-corrected chi connectivity index (χ4v) is 2.72. The monoisotopic (exact) mass is 353 g/mol. The summed E-state index contributed by atoms with van der Waals surface area (Å²) in [6, 6.07) is 4.03. The summed E-state index contributed by atoms with van der Waals surface area (Å²) in [5.74, 6) is 2.80. The number of rotatable bonds is 4. The summed E-state index contributed by atoms with van der Waals surface area (Å²) >= 11 is 3.54. The number of ether oxygens (including phenoxy) is 2. The molecule has 2 aromatic rings. The molecule has 0 atom stereocenters. The molecule has 0 bridgehead atoms. The van der Waals surface area contributed by atoms with E-state index in [2.05, 4.69) is 31.4 Å². The van der Waals surface area contributed by atoms with Crippen LogP contribution in [0.3, 0.4) is 0 Å². The number of aryl methyl sites for hydroxylation is 1. The van der Waals surface area contributed by atoms with Crippen LogP contribution in [0.2, 0.25) is 0 Å². The van der Waals surface area contributed by atoms with Gasteiger partial charge in [-0.2, -0.15) is 4.98 Å². The van der Waals surface area contributed by atoms with Crippen LogP contribution < -0.4 is 14.8 Å². The average Bonchev–Trinajstić information content (AvgIpc) is 2.73. The molecule has 1 N–H and O–H groups in total. The van der Waals surface area contributed by atoms with E-state index in [-0.39, 0.29) is 0 Å². The lowest BCUT2D eigenvalue weighted by Crippen LogP contribution is -2.14. The molecule has 0 saturated heterocycles. The third-order valence-corrected chi connectivity index (χ3v) is 3.63. The SMILES string of the molecule is Cc1nc(CNCc2cc(Br)c3c(c2)OCCCO3)no1. The van der Waals surface area contributed by atoms with Gasteiger partial charge in [-0.15, -0.1) is 0 Å². The van der Waals surface area contributed by atoms with Crippen LogP contribution in [-0.2, 0) is 13.1 Å². The summed E-state index contributed by atoms with van der Waals surface area (Å²) in [4.78, 5) is 4.15. The second-order valence-electron chi connectivity index (χ2n) is 4.79. The predicted octanol–water partition coefficient (Wildman–Crippen LogP) is 2.59. The zero-order chi connectivity index (χ0) is 14.7.